The number of benzene rings is 1. The van der Waals surface area contributed by atoms with Gasteiger partial charge in [-0.1, -0.05) is 12.1 Å². The number of amides is 1. The highest BCUT2D eigenvalue weighted by molar-refractivity contribution is 7.88. The highest BCUT2D eigenvalue weighted by atomic mass is 32.2. The fraction of sp³-hybridized carbons (Fsp3) is 0.632. The molecule has 0 N–H and O–H groups in total. The number of nitrogens with zero attached hydrogens (tertiary/aromatic N) is 3. The van der Waals surface area contributed by atoms with Gasteiger partial charge in [0.1, 0.15) is 0 Å². The molecule has 0 saturated carbocycles. The maximum absolute atomic E-state index is 12.9. The molecule has 3 rings (SSSR count). The molecule has 1 amide bonds. The molecule has 1 aromatic rings. The first-order valence-corrected chi connectivity index (χ1v) is 11.2. The summed E-state index contributed by atoms with van der Waals surface area (Å²) in [5.74, 6) is -0.0929. The monoisotopic (exact) mass is 379 g/mol. The zero-order valence-electron chi connectivity index (χ0n) is 15.9. The van der Waals surface area contributed by atoms with Crippen molar-refractivity contribution < 1.29 is 13.2 Å². The third-order valence-corrected chi connectivity index (χ3v) is 6.98. The van der Waals surface area contributed by atoms with Crippen molar-refractivity contribution in [1.82, 2.24) is 9.21 Å². The SMILES string of the molecule is Cc1cccc(N2CCN(C(=O)[C@@H]3CCCN(S(C)(=O)=O)C3)CC2)c1C. The van der Waals surface area contributed by atoms with E-state index in [1.807, 2.05) is 4.90 Å². The Morgan fingerprint density at radius 3 is 2.42 bits per heavy atom. The zero-order valence-corrected chi connectivity index (χ0v) is 16.8. The van der Waals surface area contributed by atoms with Crippen LogP contribution in [0.25, 0.3) is 0 Å². The molecule has 0 bridgehead atoms. The van der Waals surface area contributed by atoms with Crippen molar-refractivity contribution in [3.63, 3.8) is 0 Å². The van der Waals surface area contributed by atoms with Crippen molar-refractivity contribution in [3.8, 4) is 0 Å². The van der Waals surface area contributed by atoms with Crippen molar-refractivity contribution in [2.75, 3.05) is 50.4 Å². The average molecular weight is 380 g/mol. The zero-order chi connectivity index (χ0) is 18.9. The summed E-state index contributed by atoms with van der Waals surface area (Å²) in [4.78, 5) is 17.1. The van der Waals surface area contributed by atoms with Crippen LogP contribution >= 0.6 is 0 Å². The molecular formula is C19H29N3O3S. The molecule has 0 radical (unpaired) electrons. The van der Waals surface area contributed by atoms with Crippen molar-refractivity contribution in [2.45, 2.75) is 26.7 Å². The van der Waals surface area contributed by atoms with Crippen LogP contribution in [0.5, 0.6) is 0 Å². The Hall–Kier alpha value is -1.60. The average Bonchev–Trinajstić information content (AvgIpc) is 2.63. The fourth-order valence-corrected chi connectivity index (χ4v) is 4.86. The lowest BCUT2D eigenvalue weighted by molar-refractivity contribution is -0.137. The largest absolute Gasteiger partial charge is 0.368 e. The van der Waals surface area contributed by atoms with E-state index in [4.69, 9.17) is 0 Å². The van der Waals surface area contributed by atoms with Gasteiger partial charge in [-0.3, -0.25) is 4.79 Å². The van der Waals surface area contributed by atoms with Crippen LogP contribution in [0.4, 0.5) is 5.69 Å². The lowest BCUT2D eigenvalue weighted by Crippen LogP contribution is -2.53. The van der Waals surface area contributed by atoms with Gasteiger partial charge in [0, 0.05) is 45.0 Å². The summed E-state index contributed by atoms with van der Waals surface area (Å²) >= 11 is 0. The van der Waals surface area contributed by atoms with Gasteiger partial charge < -0.3 is 9.80 Å². The molecule has 0 spiro atoms. The van der Waals surface area contributed by atoms with E-state index < -0.39 is 10.0 Å². The Bertz CT molecular complexity index is 770. The fourth-order valence-electron chi connectivity index (χ4n) is 3.95. The molecule has 2 saturated heterocycles. The molecule has 0 aliphatic carbocycles. The van der Waals surface area contributed by atoms with Gasteiger partial charge >= 0.3 is 0 Å². The number of piperazine rings is 1. The Morgan fingerprint density at radius 2 is 1.77 bits per heavy atom. The topological polar surface area (TPSA) is 60.9 Å². The first kappa shape index (κ1) is 19.2. The molecule has 2 heterocycles. The van der Waals surface area contributed by atoms with Gasteiger partial charge in [-0.2, -0.15) is 0 Å². The second-order valence-electron chi connectivity index (χ2n) is 7.49. The van der Waals surface area contributed by atoms with Gasteiger partial charge in [-0.25, -0.2) is 12.7 Å². The first-order valence-electron chi connectivity index (χ1n) is 9.32. The molecule has 144 valence electrons. The molecule has 26 heavy (non-hydrogen) atoms. The van der Waals surface area contributed by atoms with Crippen LogP contribution in [-0.4, -0.2) is 69.1 Å². The third kappa shape index (κ3) is 4.04. The van der Waals surface area contributed by atoms with Gasteiger partial charge in [0.2, 0.25) is 15.9 Å². The molecule has 1 atom stereocenters. The van der Waals surface area contributed by atoms with Crippen LogP contribution < -0.4 is 4.90 Å². The number of rotatable bonds is 3. The molecular weight excluding hydrogens is 350 g/mol. The number of carbonyl (C=O) groups excluding carboxylic acids is 1. The molecule has 2 aliphatic rings. The minimum Gasteiger partial charge on any atom is -0.368 e. The van der Waals surface area contributed by atoms with Crippen molar-refractivity contribution >= 4 is 21.6 Å². The van der Waals surface area contributed by atoms with E-state index in [1.165, 1.54) is 27.4 Å². The molecule has 7 heteroatoms. The van der Waals surface area contributed by atoms with E-state index in [1.54, 1.807) is 0 Å². The lowest BCUT2D eigenvalue weighted by atomic mass is 9.97. The quantitative estimate of drug-likeness (QED) is 0.801. The number of hydrogen-bond donors (Lipinski definition) is 0. The van der Waals surface area contributed by atoms with Crippen LogP contribution in [0.3, 0.4) is 0 Å². The number of sulfonamides is 1. The minimum absolute atomic E-state index is 0.110. The predicted octanol–water partition coefficient (Wildman–Crippen LogP) is 1.62. The predicted molar refractivity (Wildman–Crippen MR) is 104 cm³/mol. The number of hydrogen-bond acceptors (Lipinski definition) is 4. The summed E-state index contributed by atoms with van der Waals surface area (Å²) in [6.45, 7) is 8.15. The van der Waals surface area contributed by atoms with Crippen LogP contribution in [0.15, 0.2) is 18.2 Å². The summed E-state index contributed by atoms with van der Waals surface area (Å²) in [7, 11) is -3.22. The van der Waals surface area contributed by atoms with Crippen molar-refractivity contribution in [2.24, 2.45) is 5.92 Å². The second kappa shape index (κ2) is 7.56. The van der Waals surface area contributed by atoms with Crippen molar-refractivity contribution in [1.29, 1.82) is 0 Å². The number of anilines is 1. The third-order valence-electron chi connectivity index (χ3n) is 5.71. The summed E-state index contributed by atoms with van der Waals surface area (Å²) in [5.41, 5.74) is 3.82. The first-order chi connectivity index (χ1) is 12.3. The van der Waals surface area contributed by atoms with E-state index in [0.29, 0.717) is 26.2 Å². The summed E-state index contributed by atoms with van der Waals surface area (Å²) in [6.07, 6.45) is 2.76. The van der Waals surface area contributed by atoms with Crippen LogP contribution in [0.1, 0.15) is 24.0 Å². The van der Waals surface area contributed by atoms with Gasteiger partial charge in [-0.05, 0) is 43.9 Å². The van der Waals surface area contributed by atoms with Gasteiger partial charge in [-0.15, -0.1) is 0 Å². The highest BCUT2D eigenvalue weighted by Gasteiger charge is 2.33. The van der Waals surface area contributed by atoms with E-state index in [9.17, 15) is 13.2 Å². The number of aryl methyl sites for hydroxylation is 1. The van der Waals surface area contributed by atoms with Gasteiger partial charge in [0.25, 0.3) is 0 Å². The van der Waals surface area contributed by atoms with Gasteiger partial charge in [0.05, 0.1) is 12.2 Å². The van der Waals surface area contributed by atoms with E-state index in [2.05, 4.69) is 36.9 Å². The normalized spacial score (nSPS) is 22.5. The van der Waals surface area contributed by atoms with E-state index in [-0.39, 0.29) is 11.8 Å². The molecule has 6 nitrogen and oxygen atoms in total. The maximum Gasteiger partial charge on any atom is 0.227 e. The Morgan fingerprint density at radius 1 is 1.08 bits per heavy atom. The van der Waals surface area contributed by atoms with Crippen molar-refractivity contribution in [3.05, 3.63) is 29.3 Å². The summed E-state index contributed by atoms with van der Waals surface area (Å²) in [5, 5.41) is 0. The lowest BCUT2D eigenvalue weighted by Gasteiger charge is -2.39. The number of carbonyl (C=O) groups is 1. The smallest absolute Gasteiger partial charge is 0.227 e. The molecule has 0 aromatic heterocycles. The number of piperidine rings is 1. The van der Waals surface area contributed by atoms with Gasteiger partial charge in [0.15, 0.2) is 0 Å². The minimum atomic E-state index is -3.22. The molecule has 0 unspecified atom stereocenters. The molecule has 2 fully saturated rings. The summed E-state index contributed by atoms with van der Waals surface area (Å²) in [6, 6.07) is 6.34. The molecule has 1 aromatic carbocycles. The van der Waals surface area contributed by atoms with E-state index >= 15 is 0 Å². The van der Waals surface area contributed by atoms with E-state index in [0.717, 1.165) is 25.9 Å². The van der Waals surface area contributed by atoms with Crippen LogP contribution in [-0.2, 0) is 14.8 Å². The Labute approximate surface area is 156 Å². The standard InChI is InChI=1S/C19H29N3O3S/c1-15-6-4-8-18(16(15)2)20-10-12-21(13-11-20)19(23)17-7-5-9-22(14-17)26(3,24)25/h4,6,8,17H,5,7,9-14H2,1-3H3/t17-/m1/s1. The van der Waals surface area contributed by atoms with Crippen LogP contribution in [0, 0.1) is 19.8 Å². The molecule has 2 aliphatic heterocycles. The Kier molecular flexibility index (Phi) is 5.58. The van der Waals surface area contributed by atoms with Crippen LogP contribution in [0.2, 0.25) is 0 Å². The maximum atomic E-state index is 12.9. The summed E-state index contributed by atoms with van der Waals surface area (Å²) < 4.78 is 25.0. The Balaban J connectivity index is 1.61. The highest BCUT2D eigenvalue weighted by Crippen LogP contribution is 2.25. The second-order valence-corrected chi connectivity index (χ2v) is 9.47.